The Labute approximate surface area is 211 Å². The maximum Gasteiger partial charge on any atom is 0.341 e. The number of benzene rings is 2. The first-order valence-electron chi connectivity index (χ1n) is 10.7. The number of halogens is 1. The molecule has 8 heteroatoms. The van der Waals surface area contributed by atoms with Crippen molar-refractivity contribution in [3.8, 4) is 22.6 Å². The Hall–Kier alpha value is -3.10. The van der Waals surface area contributed by atoms with Crippen LogP contribution in [0.25, 0.3) is 17.2 Å². The van der Waals surface area contributed by atoms with Gasteiger partial charge in [0.25, 0.3) is 0 Å². The maximum atomic E-state index is 12.7. The van der Waals surface area contributed by atoms with Gasteiger partial charge in [-0.2, -0.15) is 0 Å². The van der Waals surface area contributed by atoms with Crippen LogP contribution < -0.4 is 14.8 Å². The average molecular weight is 544 g/mol. The molecule has 0 aliphatic rings. The summed E-state index contributed by atoms with van der Waals surface area (Å²) < 4.78 is 17.2. The quantitative estimate of drug-likeness (QED) is 0.239. The van der Waals surface area contributed by atoms with E-state index in [-0.39, 0.29) is 5.91 Å². The van der Waals surface area contributed by atoms with Gasteiger partial charge in [-0.05, 0) is 62.2 Å². The summed E-state index contributed by atoms with van der Waals surface area (Å²) in [6.45, 7) is 6.75. The van der Waals surface area contributed by atoms with Crippen molar-refractivity contribution in [1.82, 2.24) is 0 Å². The Morgan fingerprint density at radius 3 is 2.35 bits per heavy atom. The minimum absolute atomic E-state index is 0.341. The van der Waals surface area contributed by atoms with Gasteiger partial charge < -0.3 is 19.5 Å². The lowest BCUT2D eigenvalue weighted by Gasteiger charge is -2.11. The third-order valence-electron chi connectivity index (χ3n) is 4.84. The van der Waals surface area contributed by atoms with E-state index >= 15 is 0 Å². The van der Waals surface area contributed by atoms with Crippen molar-refractivity contribution in [1.29, 1.82) is 0 Å². The van der Waals surface area contributed by atoms with Gasteiger partial charge in [0.1, 0.15) is 10.6 Å². The molecule has 0 unspecified atom stereocenters. The molecule has 1 heterocycles. The number of nitrogens with one attached hydrogen (secondary N) is 1. The largest absolute Gasteiger partial charge is 0.490 e. The van der Waals surface area contributed by atoms with Crippen LogP contribution in [0.4, 0.5) is 5.00 Å². The van der Waals surface area contributed by atoms with Gasteiger partial charge in [0, 0.05) is 21.0 Å². The van der Waals surface area contributed by atoms with Crippen LogP contribution in [-0.4, -0.2) is 32.2 Å². The van der Waals surface area contributed by atoms with Gasteiger partial charge in [0.2, 0.25) is 5.91 Å². The minimum atomic E-state index is -0.505. The lowest BCUT2D eigenvalue weighted by Crippen LogP contribution is -2.11. The van der Waals surface area contributed by atoms with E-state index in [1.165, 1.54) is 24.5 Å². The predicted molar refractivity (Wildman–Crippen MR) is 140 cm³/mol. The number of anilines is 1. The molecule has 0 atom stereocenters. The summed E-state index contributed by atoms with van der Waals surface area (Å²) in [4.78, 5) is 26.3. The third kappa shape index (κ3) is 6.07. The first kappa shape index (κ1) is 25.5. The van der Waals surface area contributed by atoms with E-state index in [4.69, 9.17) is 14.2 Å². The molecule has 0 radical (unpaired) electrons. The number of carbonyl (C=O) groups excluding carboxylic acids is 2. The standard InChI is InChI=1S/C26H26BrNO5S/c1-5-32-20-13-7-17(15-21(20)33-6-2)8-14-22(29)28-25-24(26(30)31-4)23(16(3)34-25)18-9-11-19(27)12-10-18/h7-15H,5-6H2,1-4H3,(H,28,29)/b14-8+. The zero-order valence-corrected chi connectivity index (χ0v) is 21.8. The number of hydrogen-bond donors (Lipinski definition) is 1. The van der Waals surface area contributed by atoms with Crippen LogP contribution in [0.5, 0.6) is 11.5 Å². The Bertz CT molecular complexity index is 1200. The van der Waals surface area contributed by atoms with Gasteiger partial charge in [-0.3, -0.25) is 4.79 Å². The fourth-order valence-electron chi connectivity index (χ4n) is 3.39. The molecule has 3 aromatic rings. The number of carbonyl (C=O) groups is 2. The highest BCUT2D eigenvalue weighted by Gasteiger charge is 2.24. The Balaban J connectivity index is 1.86. The summed E-state index contributed by atoms with van der Waals surface area (Å²) in [6.07, 6.45) is 3.10. The lowest BCUT2D eigenvalue weighted by atomic mass is 10.0. The summed E-state index contributed by atoms with van der Waals surface area (Å²) in [6, 6.07) is 13.1. The van der Waals surface area contributed by atoms with Gasteiger partial charge in [-0.25, -0.2) is 4.79 Å². The van der Waals surface area contributed by atoms with Gasteiger partial charge >= 0.3 is 5.97 Å². The molecular weight excluding hydrogens is 518 g/mol. The molecule has 1 N–H and O–H groups in total. The maximum absolute atomic E-state index is 12.7. The smallest absolute Gasteiger partial charge is 0.341 e. The van der Waals surface area contributed by atoms with E-state index in [0.717, 1.165) is 26.0 Å². The first-order valence-corrected chi connectivity index (χ1v) is 12.3. The Kier molecular flexibility index (Phi) is 8.90. The topological polar surface area (TPSA) is 73.9 Å². The van der Waals surface area contributed by atoms with Gasteiger partial charge in [0.05, 0.1) is 20.3 Å². The SMILES string of the molecule is CCOc1ccc(/C=C/C(=O)Nc2sc(C)c(-c3ccc(Br)cc3)c2C(=O)OC)cc1OCC. The van der Waals surface area contributed by atoms with E-state index in [1.807, 2.05) is 63.2 Å². The van der Waals surface area contributed by atoms with Gasteiger partial charge in [0.15, 0.2) is 11.5 Å². The number of ether oxygens (including phenoxy) is 3. The van der Waals surface area contributed by atoms with Crippen molar-refractivity contribution in [2.24, 2.45) is 0 Å². The molecular formula is C26H26BrNO5S. The molecule has 0 spiro atoms. The minimum Gasteiger partial charge on any atom is -0.490 e. The van der Waals surface area contributed by atoms with Crippen molar-refractivity contribution in [2.45, 2.75) is 20.8 Å². The normalized spacial score (nSPS) is 10.9. The van der Waals surface area contributed by atoms with E-state index in [9.17, 15) is 9.59 Å². The third-order valence-corrected chi connectivity index (χ3v) is 6.39. The predicted octanol–water partition coefficient (Wildman–Crippen LogP) is 6.72. The van der Waals surface area contributed by atoms with Crippen molar-refractivity contribution in [3.63, 3.8) is 0 Å². The highest BCUT2D eigenvalue weighted by molar-refractivity contribution is 9.10. The van der Waals surface area contributed by atoms with Crippen LogP contribution in [0.2, 0.25) is 0 Å². The number of methoxy groups -OCH3 is 1. The van der Waals surface area contributed by atoms with Crippen molar-refractivity contribution < 1.29 is 23.8 Å². The molecule has 0 fully saturated rings. The summed E-state index contributed by atoms with van der Waals surface area (Å²) in [7, 11) is 1.33. The molecule has 0 saturated carbocycles. The number of esters is 1. The zero-order valence-electron chi connectivity index (χ0n) is 19.4. The molecule has 0 aliphatic heterocycles. The highest BCUT2D eigenvalue weighted by Crippen LogP contribution is 2.40. The summed E-state index contributed by atoms with van der Waals surface area (Å²) in [5.74, 6) is 0.408. The number of thiophene rings is 1. The van der Waals surface area contributed by atoms with Crippen molar-refractivity contribution in [2.75, 3.05) is 25.6 Å². The van der Waals surface area contributed by atoms with Crippen molar-refractivity contribution in [3.05, 3.63) is 69.0 Å². The second kappa shape index (κ2) is 11.9. The molecule has 0 aliphatic carbocycles. The zero-order chi connectivity index (χ0) is 24.7. The van der Waals surface area contributed by atoms with E-state index in [1.54, 1.807) is 6.08 Å². The molecule has 2 aromatic carbocycles. The summed E-state index contributed by atoms with van der Waals surface area (Å²) >= 11 is 4.76. The average Bonchev–Trinajstić information content (AvgIpc) is 3.14. The highest BCUT2D eigenvalue weighted by atomic mass is 79.9. The van der Waals surface area contributed by atoms with Crippen LogP contribution >= 0.6 is 27.3 Å². The second-order valence-corrected chi connectivity index (χ2v) is 9.27. The van der Waals surface area contributed by atoms with Crippen LogP contribution in [0.3, 0.4) is 0 Å². The van der Waals surface area contributed by atoms with E-state index < -0.39 is 5.97 Å². The lowest BCUT2D eigenvalue weighted by molar-refractivity contribution is -0.111. The molecule has 0 bridgehead atoms. The van der Waals surface area contributed by atoms with Crippen LogP contribution in [0, 0.1) is 6.92 Å². The summed E-state index contributed by atoms with van der Waals surface area (Å²) in [5, 5.41) is 3.28. The molecule has 3 rings (SSSR count). The van der Waals surface area contributed by atoms with E-state index in [0.29, 0.717) is 35.3 Å². The fourth-order valence-corrected chi connectivity index (χ4v) is 4.72. The number of aryl methyl sites for hydroxylation is 1. The van der Waals surface area contributed by atoms with Crippen LogP contribution in [-0.2, 0) is 9.53 Å². The van der Waals surface area contributed by atoms with Gasteiger partial charge in [-0.15, -0.1) is 11.3 Å². The van der Waals surface area contributed by atoms with Crippen LogP contribution in [0.15, 0.2) is 53.0 Å². The molecule has 6 nitrogen and oxygen atoms in total. The summed E-state index contributed by atoms with van der Waals surface area (Å²) in [5.41, 5.74) is 2.74. The van der Waals surface area contributed by atoms with E-state index in [2.05, 4.69) is 21.2 Å². The number of amides is 1. The molecule has 178 valence electrons. The molecule has 34 heavy (non-hydrogen) atoms. The monoisotopic (exact) mass is 543 g/mol. The van der Waals surface area contributed by atoms with Gasteiger partial charge in [-0.1, -0.05) is 34.1 Å². The first-order chi connectivity index (χ1) is 16.4. The van der Waals surface area contributed by atoms with Crippen molar-refractivity contribution >= 4 is 50.2 Å². The molecule has 1 aromatic heterocycles. The fraction of sp³-hybridized carbons (Fsp3) is 0.231. The Morgan fingerprint density at radius 1 is 1.03 bits per heavy atom. The Morgan fingerprint density at radius 2 is 1.71 bits per heavy atom. The second-order valence-electron chi connectivity index (χ2n) is 7.13. The molecule has 1 amide bonds. The van der Waals surface area contributed by atoms with Crippen LogP contribution in [0.1, 0.15) is 34.6 Å². The number of hydrogen-bond acceptors (Lipinski definition) is 6. The molecule has 0 saturated heterocycles. The number of rotatable bonds is 9.